The Bertz CT molecular complexity index is 623. The van der Waals surface area contributed by atoms with Crippen molar-refractivity contribution in [3.8, 4) is 5.88 Å². The number of aromatic nitrogens is 1. The largest absolute Gasteiger partial charge is 0.469 e. The highest BCUT2D eigenvalue weighted by Crippen LogP contribution is 2.33. The third kappa shape index (κ3) is 3.82. The second-order valence-corrected chi connectivity index (χ2v) is 5.58. The van der Waals surface area contributed by atoms with Crippen LogP contribution in [0.2, 0.25) is 0 Å². The predicted octanol–water partition coefficient (Wildman–Crippen LogP) is 3.83. The van der Waals surface area contributed by atoms with Crippen molar-refractivity contribution in [1.82, 2.24) is 10.3 Å². The van der Waals surface area contributed by atoms with E-state index in [2.05, 4.69) is 10.3 Å². The molecule has 6 heteroatoms. The monoisotopic (exact) mass is 322 g/mol. The molecule has 2 atom stereocenters. The number of hydrogen-bond acceptors (Lipinski definition) is 3. The van der Waals surface area contributed by atoms with E-state index < -0.39 is 11.7 Å². The number of nitrogens with one attached hydrogen (secondary N) is 1. The summed E-state index contributed by atoms with van der Waals surface area (Å²) in [6.45, 7) is 1.73. The van der Waals surface area contributed by atoms with Gasteiger partial charge >= 0.3 is 6.18 Å². The van der Waals surface area contributed by atoms with Gasteiger partial charge in [0.15, 0.2) is 0 Å². The molecule has 0 spiro atoms. The normalized spacial score (nSPS) is 19.5. The van der Waals surface area contributed by atoms with Gasteiger partial charge in [0.2, 0.25) is 5.88 Å². The molecule has 1 aliphatic rings. The molecule has 0 radical (unpaired) electrons. The zero-order valence-electron chi connectivity index (χ0n) is 12.4. The van der Waals surface area contributed by atoms with Gasteiger partial charge in [-0.3, -0.25) is 0 Å². The lowest BCUT2D eigenvalue weighted by molar-refractivity contribution is -0.137. The second-order valence-electron chi connectivity index (χ2n) is 5.58. The van der Waals surface area contributed by atoms with E-state index in [0.717, 1.165) is 37.3 Å². The molecule has 2 aromatic rings. The van der Waals surface area contributed by atoms with Crippen molar-refractivity contribution in [2.45, 2.75) is 18.7 Å². The first-order valence-electron chi connectivity index (χ1n) is 7.49. The Hall–Kier alpha value is -2.08. The van der Waals surface area contributed by atoms with Gasteiger partial charge in [0.1, 0.15) is 6.10 Å². The van der Waals surface area contributed by atoms with Crippen molar-refractivity contribution < 1.29 is 17.9 Å². The van der Waals surface area contributed by atoms with Gasteiger partial charge in [-0.25, -0.2) is 4.98 Å². The van der Waals surface area contributed by atoms with Crippen LogP contribution in [0.1, 0.15) is 23.7 Å². The smallest absolute Gasteiger partial charge is 0.417 e. The summed E-state index contributed by atoms with van der Waals surface area (Å²) in [6.07, 6.45) is -2.85. The molecule has 122 valence electrons. The molecule has 1 saturated heterocycles. The van der Waals surface area contributed by atoms with Crippen LogP contribution < -0.4 is 10.1 Å². The molecule has 23 heavy (non-hydrogen) atoms. The van der Waals surface area contributed by atoms with Gasteiger partial charge in [0.05, 0.1) is 5.56 Å². The van der Waals surface area contributed by atoms with E-state index in [4.69, 9.17) is 4.74 Å². The first-order chi connectivity index (χ1) is 11.0. The number of pyridine rings is 1. The molecule has 0 saturated carbocycles. The highest BCUT2D eigenvalue weighted by Gasteiger charge is 2.32. The minimum Gasteiger partial charge on any atom is -0.469 e. The molecule has 1 aliphatic heterocycles. The van der Waals surface area contributed by atoms with E-state index in [0.29, 0.717) is 0 Å². The summed E-state index contributed by atoms with van der Waals surface area (Å²) in [7, 11) is 0. The second kappa shape index (κ2) is 6.58. The first-order valence-corrected chi connectivity index (χ1v) is 7.49. The maximum atomic E-state index is 12.6. The standard InChI is InChI=1S/C17H17F3N2O/c18-17(19,20)14-6-7-15(22-11-14)23-16(13-8-9-21-10-13)12-4-2-1-3-5-12/h1-7,11,13,16,21H,8-10H2/t13?,16-/m1/s1. The van der Waals surface area contributed by atoms with Crippen molar-refractivity contribution in [1.29, 1.82) is 0 Å². The molecule has 0 aliphatic carbocycles. The third-order valence-corrected chi connectivity index (χ3v) is 3.97. The summed E-state index contributed by atoms with van der Waals surface area (Å²) in [5.74, 6) is 0.472. The fourth-order valence-electron chi connectivity index (χ4n) is 2.76. The Balaban J connectivity index is 1.81. The van der Waals surface area contributed by atoms with E-state index in [9.17, 15) is 13.2 Å². The summed E-state index contributed by atoms with van der Waals surface area (Å²) in [5, 5.41) is 3.29. The van der Waals surface area contributed by atoms with Gasteiger partial charge in [-0.05, 0) is 24.6 Å². The van der Waals surface area contributed by atoms with Crippen LogP contribution in [0.4, 0.5) is 13.2 Å². The summed E-state index contributed by atoms with van der Waals surface area (Å²) in [6, 6.07) is 12.0. The maximum absolute atomic E-state index is 12.6. The summed E-state index contributed by atoms with van der Waals surface area (Å²) >= 11 is 0. The maximum Gasteiger partial charge on any atom is 0.417 e. The average Bonchev–Trinajstić information content (AvgIpc) is 3.07. The quantitative estimate of drug-likeness (QED) is 0.929. The molecule has 3 nitrogen and oxygen atoms in total. The number of alkyl halides is 3. The number of hydrogen-bond donors (Lipinski definition) is 1. The Morgan fingerprint density at radius 1 is 1.13 bits per heavy atom. The molecule has 1 aromatic heterocycles. The molecule has 1 fully saturated rings. The Kier molecular flexibility index (Phi) is 4.52. The van der Waals surface area contributed by atoms with E-state index >= 15 is 0 Å². The van der Waals surface area contributed by atoms with Crippen molar-refractivity contribution in [3.63, 3.8) is 0 Å². The number of nitrogens with zero attached hydrogens (tertiary/aromatic N) is 1. The highest BCUT2D eigenvalue weighted by atomic mass is 19.4. The molecule has 1 aromatic carbocycles. The third-order valence-electron chi connectivity index (χ3n) is 3.97. The van der Waals surface area contributed by atoms with Crippen LogP contribution in [0.3, 0.4) is 0 Å². The lowest BCUT2D eigenvalue weighted by Gasteiger charge is -2.24. The zero-order chi connectivity index (χ0) is 16.3. The lowest BCUT2D eigenvalue weighted by atomic mass is 9.95. The average molecular weight is 322 g/mol. The zero-order valence-corrected chi connectivity index (χ0v) is 12.4. The number of benzene rings is 1. The van der Waals surface area contributed by atoms with Gasteiger partial charge in [-0.15, -0.1) is 0 Å². The molecule has 3 rings (SSSR count). The minimum atomic E-state index is -4.39. The molecule has 0 amide bonds. The SMILES string of the molecule is FC(F)(F)c1ccc(O[C@H](c2ccccc2)C2CCNC2)nc1. The Morgan fingerprint density at radius 2 is 1.91 bits per heavy atom. The van der Waals surface area contributed by atoms with Crippen molar-refractivity contribution >= 4 is 0 Å². The van der Waals surface area contributed by atoms with Crippen LogP contribution in [0.5, 0.6) is 5.88 Å². The molecule has 2 heterocycles. The summed E-state index contributed by atoms with van der Waals surface area (Å²) in [4.78, 5) is 3.82. The highest BCUT2D eigenvalue weighted by molar-refractivity contribution is 5.23. The summed E-state index contributed by atoms with van der Waals surface area (Å²) < 4.78 is 43.7. The van der Waals surface area contributed by atoms with Crippen molar-refractivity contribution in [3.05, 3.63) is 59.8 Å². The van der Waals surface area contributed by atoms with Crippen molar-refractivity contribution in [2.75, 3.05) is 13.1 Å². The Morgan fingerprint density at radius 3 is 2.48 bits per heavy atom. The van der Waals surface area contributed by atoms with E-state index in [1.54, 1.807) is 0 Å². The Labute approximate surface area is 132 Å². The van der Waals surface area contributed by atoms with Crippen LogP contribution in [0, 0.1) is 5.92 Å². The fraction of sp³-hybridized carbons (Fsp3) is 0.353. The van der Waals surface area contributed by atoms with Gasteiger partial charge in [-0.2, -0.15) is 13.2 Å². The predicted molar refractivity (Wildman–Crippen MR) is 80.0 cm³/mol. The molecule has 1 N–H and O–H groups in total. The van der Waals surface area contributed by atoms with Crippen molar-refractivity contribution in [2.24, 2.45) is 5.92 Å². The van der Waals surface area contributed by atoms with E-state index in [1.807, 2.05) is 30.3 Å². The number of halogens is 3. The van der Waals surface area contributed by atoms with E-state index in [1.165, 1.54) is 6.07 Å². The van der Waals surface area contributed by atoms with Crippen LogP contribution in [-0.4, -0.2) is 18.1 Å². The number of rotatable bonds is 4. The van der Waals surface area contributed by atoms with Gasteiger partial charge in [0, 0.05) is 24.7 Å². The minimum absolute atomic E-state index is 0.207. The first kappa shape index (κ1) is 15.8. The molecular formula is C17H17F3N2O. The van der Waals surface area contributed by atoms with Crippen LogP contribution in [0.15, 0.2) is 48.7 Å². The number of ether oxygens (including phenoxy) is 1. The lowest BCUT2D eigenvalue weighted by Crippen LogP contribution is -2.21. The fourth-order valence-corrected chi connectivity index (χ4v) is 2.76. The molecule has 1 unspecified atom stereocenters. The molecule has 0 bridgehead atoms. The van der Waals surface area contributed by atoms with Crippen LogP contribution in [0.25, 0.3) is 0 Å². The topological polar surface area (TPSA) is 34.1 Å². The summed E-state index contributed by atoms with van der Waals surface area (Å²) in [5.41, 5.74) is 0.228. The van der Waals surface area contributed by atoms with Gasteiger partial charge in [0.25, 0.3) is 0 Å². The molecular weight excluding hydrogens is 305 g/mol. The van der Waals surface area contributed by atoms with Crippen LogP contribution in [-0.2, 0) is 6.18 Å². The van der Waals surface area contributed by atoms with Crippen LogP contribution >= 0.6 is 0 Å². The van der Waals surface area contributed by atoms with Gasteiger partial charge < -0.3 is 10.1 Å². The van der Waals surface area contributed by atoms with E-state index in [-0.39, 0.29) is 17.9 Å². The van der Waals surface area contributed by atoms with Gasteiger partial charge in [-0.1, -0.05) is 30.3 Å².